The second-order valence-corrected chi connectivity index (χ2v) is 7.99. The number of nitrogens with zero attached hydrogens (tertiary/aromatic N) is 4. The number of rotatable bonds is 5. The molecule has 4 rings (SSSR count). The standard InChI is InChI=1S/C17H13ClN6S2/c18-10-6-7-13-12(8-10)21-17(26-13)25-9-14-22-15(19)24-16(23-14)20-11-4-2-1-3-5-11/h1-8H,9H2,(H3,19,20,22,23,24). The fourth-order valence-electron chi connectivity index (χ4n) is 2.28. The van der Waals surface area contributed by atoms with E-state index in [0.29, 0.717) is 22.5 Å². The van der Waals surface area contributed by atoms with Crippen LogP contribution in [-0.4, -0.2) is 19.9 Å². The van der Waals surface area contributed by atoms with Gasteiger partial charge in [-0.1, -0.05) is 41.6 Å². The molecule has 0 atom stereocenters. The molecule has 130 valence electrons. The van der Waals surface area contributed by atoms with Crippen LogP contribution in [0.25, 0.3) is 10.2 Å². The summed E-state index contributed by atoms with van der Waals surface area (Å²) in [5.41, 5.74) is 7.60. The van der Waals surface area contributed by atoms with Gasteiger partial charge in [-0.15, -0.1) is 11.3 Å². The second kappa shape index (κ2) is 7.45. The zero-order valence-corrected chi connectivity index (χ0v) is 15.8. The molecule has 0 unspecified atom stereocenters. The number of anilines is 3. The van der Waals surface area contributed by atoms with E-state index < -0.39 is 0 Å². The zero-order chi connectivity index (χ0) is 17.9. The Hall–Kier alpha value is -2.42. The Morgan fingerprint density at radius 1 is 1.04 bits per heavy atom. The number of aromatic nitrogens is 4. The summed E-state index contributed by atoms with van der Waals surface area (Å²) in [4.78, 5) is 17.4. The molecule has 0 spiro atoms. The molecular formula is C17H13ClN6S2. The van der Waals surface area contributed by atoms with Crippen LogP contribution in [0.2, 0.25) is 5.02 Å². The summed E-state index contributed by atoms with van der Waals surface area (Å²) in [7, 11) is 0. The van der Waals surface area contributed by atoms with E-state index >= 15 is 0 Å². The number of nitrogens with one attached hydrogen (secondary N) is 1. The first kappa shape index (κ1) is 17.0. The van der Waals surface area contributed by atoms with E-state index in [1.54, 1.807) is 23.1 Å². The van der Waals surface area contributed by atoms with Gasteiger partial charge in [0.2, 0.25) is 11.9 Å². The van der Waals surface area contributed by atoms with Crippen LogP contribution in [-0.2, 0) is 5.75 Å². The SMILES string of the molecule is Nc1nc(CSc2nc3cc(Cl)ccc3s2)nc(Nc2ccccc2)n1. The number of thiazole rings is 1. The normalized spacial score (nSPS) is 11.0. The fraction of sp³-hybridized carbons (Fsp3) is 0.0588. The molecule has 26 heavy (non-hydrogen) atoms. The third-order valence-electron chi connectivity index (χ3n) is 3.38. The molecule has 0 saturated heterocycles. The number of benzene rings is 2. The highest BCUT2D eigenvalue weighted by Crippen LogP contribution is 2.32. The summed E-state index contributed by atoms with van der Waals surface area (Å²) < 4.78 is 2.03. The van der Waals surface area contributed by atoms with Gasteiger partial charge >= 0.3 is 0 Å². The van der Waals surface area contributed by atoms with Crippen molar-refractivity contribution >= 4 is 62.5 Å². The monoisotopic (exact) mass is 400 g/mol. The number of hydrogen-bond donors (Lipinski definition) is 2. The zero-order valence-electron chi connectivity index (χ0n) is 13.4. The molecule has 0 fully saturated rings. The van der Waals surface area contributed by atoms with Crippen molar-refractivity contribution in [3.8, 4) is 0 Å². The Bertz CT molecular complexity index is 1050. The van der Waals surface area contributed by atoms with Gasteiger partial charge in [0.25, 0.3) is 0 Å². The molecule has 2 aromatic carbocycles. The average Bonchev–Trinajstić information content (AvgIpc) is 3.02. The van der Waals surface area contributed by atoms with Crippen LogP contribution in [0.4, 0.5) is 17.6 Å². The first-order valence-electron chi connectivity index (χ1n) is 7.67. The molecule has 4 aromatic rings. The second-order valence-electron chi connectivity index (χ2n) is 5.30. The number of nitrogen functional groups attached to an aromatic ring is 1. The molecule has 0 aliphatic heterocycles. The molecule has 0 aliphatic carbocycles. The van der Waals surface area contributed by atoms with Crippen molar-refractivity contribution in [2.24, 2.45) is 0 Å². The highest BCUT2D eigenvalue weighted by Gasteiger charge is 2.09. The van der Waals surface area contributed by atoms with E-state index in [0.717, 1.165) is 20.2 Å². The molecule has 0 radical (unpaired) electrons. The summed E-state index contributed by atoms with van der Waals surface area (Å²) in [5, 5.41) is 3.81. The van der Waals surface area contributed by atoms with Crippen LogP contribution in [0.3, 0.4) is 0 Å². The Morgan fingerprint density at radius 3 is 2.73 bits per heavy atom. The van der Waals surface area contributed by atoms with Crippen LogP contribution in [0.5, 0.6) is 0 Å². The van der Waals surface area contributed by atoms with Gasteiger partial charge in [0.05, 0.1) is 16.0 Å². The molecule has 0 amide bonds. The lowest BCUT2D eigenvalue weighted by Gasteiger charge is -2.06. The first-order chi connectivity index (χ1) is 12.7. The Morgan fingerprint density at radius 2 is 1.88 bits per heavy atom. The maximum atomic E-state index is 6.01. The Labute approximate surface area is 162 Å². The van der Waals surface area contributed by atoms with Gasteiger partial charge in [0.15, 0.2) is 4.34 Å². The third kappa shape index (κ3) is 4.04. The first-order valence-corrected chi connectivity index (χ1v) is 9.85. The third-order valence-corrected chi connectivity index (χ3v) is 5.79. The van der Waals surface area contributed by atoms with Gasteiger partial charge in [0.1, 0.15) is 5.82 Å². The van der Waals surface area contributed by atoms with Crippen molar-refractivity contribution < 1.29 is 0 Å². The molecule has 0 saturated carbocycles. The Balaban J connectivity index is 1.50. The Kier molecular flexibility index (Phi) is 4.87. The predicted octanol–water partition coefficient (Wildman–Crippen LogP) is 4.75. The quantitative estimate of drug-likeness (QED) is 0.467. The predicted molar refractivity (Wildman–Crippen MR) is 108 cm³/mol. The minimum Gasteiger partial charge on any atom is -0.368 e. The number of fused-ring (bicyclic) bond motifs is 1. The molecule has 3 N–H and O–H groups in total. The van der Waals surface area contributed by atoms with Crippen LogP contribution in [0.1, 0.15) is 5.82 Å². The fourth-order valence-corrected chi connectivity index (χ4v) is 4.35. The van der Waals surface area contributed by atoms with E-state index in [1.807, 2.05) is 48.5 Å². The maximum Gasteiger partial charge on any atom is 0.232 e. The van der Waals surface area contributed by atoms with Gasteiger partial charge in [-0.3, -0.25) is 0 Å². The van der Waals surface area contributed by atoms with E-state index in [2.05, 4.69) is 25.3 Å². The van der Waals surface area contributed by atoms with E-state index in [1.165, 1.54) is 0 Å². The highest BCUT2D eigenvalue weighted by atomic mass is 35.5. The van der Waals surface area contributed by atoms with Gasteiger partial charge in [-0.05, 0) is 30.3 Å². The smallest absolute Gasteiger partial charge is 0.232 e. The van der Waals surface area contributed by atoms with E-state index in [-0.39, 0.29) is 5.95 Å². The summed E-state index contributed by atoms with van der Waals surface area (Å²) in [6.45, 7) is 0. The van der Waals surface area contributed by atoms with Gasteiger partial charge < -0.3 is 11.1 Å². The van der Waals surface area contributed by atoms with E-state index in [9.17, 15) is 0 Å². The topological polar surface area (TPSA) is 89.6 Å². The molecule has 2 aromatic heterocycles. The summed E-state index contributed by atoms with van der Waals surface area (Å²) in [6, 6.07) is 15.4. The lowest BCUT2D eigenvalue weighted by atomic mass is 10.3. The molecule has 0 aliphatic rings. The van der Waals surface area contributed by atoms with Crippen molar-refractivity contribution in [2.75, 3.05) is 11.1 Å². The summed E-state index contributed by atoms with van der Waals surface area (Å²) in [6.07, 6.45) is 0. The van der Waals surface area contributed by atoms with Crippen molar-refractivity contribution in [1.82, 2.24) is 19.9 Å². The van der Waals surface area contributed by atoms with Gasteiger partial charge in [0, 0.05) is 10.7 Å². The minimum atomic E-state index is 0.185. The summed E-state index contributed by atoms with van der Waals surface area (Å²) in [5.74, 6) is 1.75. The molecular weight excluding hydrogens is 388 g/mol. The van der Waals surface area contributed by atoms with Crippen molar-refractivity contribution in [1.29, 1.82) is 0 Å². The van der Waals surface area contributed by atoms with Crippen molar-refractivity contribution in [3.63, 3.8) is 0 Å². The van der Waals surface area contributed by atoms with Crippen LogP contribution in [0, 0.1) is 0 Å². The van der Waals surface area contributed by atoms with Crippen LogP contribution < -0.4 is 11.1 Å². The van der Waals surface area contributed by atoms with E-state index in [4.69, 9.17) is 17.3 Å². The van der Waals surface area contributed by atoms with Gasteiger partial charge in [-0.2, -0.15) is 15.0 Å². The maximum absolute atomic E-state index is 6.01. The lowest BCUT2D eigenvalue weighted by Crippen LogP contribution is -2.06. The van der Waals surface area contributed by atoms with Crippen molar-refractivity contribution in [3.05, 3.63) is 59.4 Å². The number of nitrogens with two attached hydrogens (primary N) is 1. The number of halogens is 1. The average molecular weight is 401 g/mol. The lowest BCUT2D eigenvalue weighted by molar-refractivity contribution is 0.981. The molecule has 6 nitrogen and oxygen atoms in total. The molecule has 9 heteroatoms. The van der Waals surface area contributed by atoms with Gasteiger partial charge in [-0.25, -0.2) is 4.98 Å². The number of hydrogen-bond acceptors (Lipinski definition) is 8. The number of para-hydroxylation sites is 1. The summed E-state index contributed by atoms with van der Waals surface area (Å²) >= 11 is 9.18. The van der Waals surface area contributed by atoms with Crippen LogP contribution in [0.15, 0.2) is 52.9 Å². The largest absolute Gasteiger partial charge is 0.368 e. The highest BCUT2D eigenvalue weighted by molar-refractivity contribution is 8.00. The van der Waals surface area contributed by atoms with Crippen molar-refractivity contribution in [2.45, 2.75) is 10.1 Å². The molecule has 0 bridgehead atoms. The van der Waals surface area contributed by atoms with Crippen LogP contribution >= 0.6 is 34.7 Å². The minimum absolute atomic E-state index is 0.185. The number of thioether (sulfide) groups is 1. The molecule has 2 heterocycles.